The smallest absolute Gasteiger partial charge is 0.314 e. The summed E-state index contributed by atoms with van der Waals surface area (Å²) in [5, 5.41) is 0. The van der Waals surface area contributed by atoms with Gasteiger partial charge in [0.15, 0.2) is 23.2 Å². The van der Waals surface area contributed by atoms with E-state index >= 15 is 4.39 Å². The predicted octanol–water partition coefficient (Wildman–Crippen LogP) is 7.68. The van der Waals surface area contributed by atoms with Gasteiger partial charge in [-0.15, -0.1) is 0 Å². The number of hydrogen-bond acceptors (Lipinski definition) is 3. The van der Waals surface area contributed by atoms with Crippen LogP contribution in [0.3, 0.4) is 0 Å². The van der Waals surface area contributed by atoms with Gasteiger partial charge in [0.2, 0.25) is 0 Å². The zero-order valence-corrected chi connectivity index (χ0v) is 19.9. The van der Waals surface area contributed by atoms with Crippen molar-refractivity contribution in [3.05, 3.63) is 58.9 Å². The summed E-state index contributed by atoms with van der Waals surface area (Å²) in [5.41, 5.74) is 0.916. The molecule has 6 heteroatoms. The highest BCUT2D eigenvalue weighted by atomic mass is 19.2. The number of carbonyl (C=O) groups is 1. The Morgan fingerprint density at radius 3 is 1.94 bits per heavy atom. The van der Waals surface area contributed by atoms with Gasteiger partial charge in [-0.1, -0.05) is 31.9 Å². The van der Waals surface area contributed by atoms with Crippen LogP contribution in [0, 0.1) is 29.3 Å². The molecule has 0 heterocycles. The first-order valence-electron chi connectivity index (χ1n) is 12.5. The summed E-state index contributed by atoms with van der Waals surface area (Å²) in [5.74, 6) is -1.91. The third-order valence-corrected chi connectivity index (χ3v) is 7.52. The second-order valence-electron chi connectivity index (χ2n) is 9.82. The lowest BCUT2D eigenvalue weighted by molar-refractivity contribution is -0.140. The Labute approximate surface area is 199 Å². The predicted molar refractivity (Wildman–Crippen MR) is 125 cm³/mol. The summed E-state index contributed by atoms with van der Waals surface area (Å²) in [7, 11) is 0. The molecule has 0 amide bonds. The molecule has 34 heavy (non-hydrogen) atoms. The summed E-state index contributed by atoms with van der Waals surface area (Å²) in [6.45, 7) is 4.31. The Hall–Kier alpha value is -2.50. The van der Waals surface area contributed by atoms with Crippen LogP contribution in [0.15, 0.2) is 30.3 Å². The van der Waals surface area contributed by atoms with Crippen molar-refractivity contribution in [2.24, 2.45) is 11.8 Å². The number of carbonyl (C=O) groups excluding carboxylic acids is 1. The molecule has 0 aromatic heterocycles. The van der Waals surface area contributed by atoms with E-state index in [1.165, 1.54) is 12.1 Å². The number of hydrogen-bond donors (Lipinski definition) is 0. The van der Waals surface area contributed by atoms with E-state index < -0.39 is 23.4 Å². The molecule has 0 N–H and O–H groups in total. The summed E-state index contributed by atoms with van der Waals surface area (Å²) >= 11 is 0. The molecule has 2 fully saturated rings. The zero-order chi connectivity index (χ0) is 24.2. The van der Waals surface area contributed by atoms with Crippen molar-refractivity contribution in [3.8, 4) is 11.5 Å². The lowest BCUT2D eigenvalue weighted by atomic mass is 9.76. The number of esters is 1. The van der Waals surface area contributed by atoms with E-state index in [9.17, 15) is 13.6 Å². The van der Waals surface area contributed by atoms with Crippen molar-refractivity contribution in [1.29, 1.82) is 0 Å². The van der Waals surface area contributed by atoms with Crippen LogP contribution in [-0.2, 0) is 4.79 Å². The monoisotopic (exact) mass is 474 g/mol. The van der Waals surface area contributed by atoms with Crippen molar-refractivity contribution in [3.63, 3.8) is 0 Å². The van der Waals surface area contributed by atoms with Crippen molar-refractivity contribution < 1.29 is 27.4 Å². The molecule has 4 rings (SSSR count). The molecule has 0 spiro atoms. The molecule has 2 saturated carbocycles. The van der Waals surface area contributed by atoms with Gasteiger partial charge in [-0.25, -0.2) is 13.2 Å². The van der Waals surface area contributed by atoms with Crippen LogP contribution in [0.25, 0.3) is 0 Å². The Balaban J connectivity index is 1.35. The average Bonchev–Trinajstić information content (AvgIpc) is 2.83. The van der Waals surface area contributed by atoms with Gasteiger partial charge in [-0.3, -0.25) is 4.79 Å². The molecule has 2 aliphatic carbocycles. The number of benzene rings is 2. The molecule has 184 valence electrons. The molecule has 2 aromatic rings. The summed E-state index contributed by atoms with van der Waals surface area (Å²) in [6, 6.07) is 7.60. The topological polar surface area (TPSA) is 35.5 Å². The minimum Gasteiger partial charge on any atom is -0.491 e. The summed E-state index contributed by atoms with van der Waals surface area (Å²) < 4.78 is 54.6. The first-order chi connectivity index (χ1) is 16.4. The Bertz CT molecular complexity index is 1010. The quantitative estimate of drug-likeness (QED) is 0.318. The van der Waals surface area contributed by atoms with Gasteiger partial charge in [-0.05, 0) is 86.5 Å². The Kier molecular flexibility index (Phi) is 7.84. The van der Waals surface area contributed by atoms with Crippen LogP contribution in [0.1, 0.15) is 88.2 Å². The maximum Gasteiger partial charge on any atom is 0.314 e. The fourth-order valence-corrected chi connectivity index (χ4v) is 5.44. The highest BCUT2D eigenvalue weighted by Gasteiger charge is 2.32. The van der Waals surface area contributed by atoms with E-state index in [1.807, 2.05) is 0 Å². The average molecular weight is 475 g/mol. The van der Waals surface area contributed by atoms with E-state index in [0.29, 0.717) is 49.3 Å². The van der Waals surface area contributed by atoms with Crippen LogP contribution in [0.4, 0.5) is 13.2 Å². The molecule has 2 aliphatic rings. The summed E-state index contributed by atoms with van der Waals surface area (Å²) in [4.78, 5) is 12.6. The fraction of sp³-hybridized carbons (Fsp3) is 0.536. The second-order valence-corrected chi connectivity index (χ2v) is 9.82. The normalized spacial score (nSPS) is 25.1. The molecule has 0 unspecified atom stereocenters. The Morgan fingerprint density at radius 2 is 1.41 bits per heavy atom. The van der Waals surface area contributed by atoms with Gasteiger partial charge >= 0.3 is 5.97 Å². The molecular formula is C28H33F3O3. The van der Waals surface area contributed by atoms with E-state index in [0.717, 1.165) is 31.7 Å². The van der Waals surface area contributed by atoms with Crippen LogP contribution in [-0.4, -0.2) is 12.6 Å². The zero-order valence-electron chi connectivity index (χ0n) is 19.9. The molecular weight excluding hydrogens is 441 g/mol. The van der Waals surface area contributed by atoms with Gasteiger partial charge in [0, 0.05) is 6.07 Å². The molecule has 0 atom stereocenters. The minimum absolute atomic E-state index is 0.0951. The maximum absolute atomic E-state index is 15.0. The van der Waals surface area contributed by atoms with Gasteiger partial charge in [0.1, 0.15) is 5.75 Å². The molecule has 0 bridgehead atoms. The van der Waals surface area contributed by atoms with Crippen LogP contribution in [0.5, 0.6) is 11.5 Å². The van der Waals surface area contributed by atoms with Crippen molar-refractivity contribution >= 4 is 5.97 Å². The highest BCUT2D eigenvalue weighted by molar-refractivity contribution is 5.75. The SMILES string of the molecule is CCOc1ccc(OC(=O)C2CCC(c3ccc(C4CCC(C)CC4)c(F)c3F)CC2)cc1F. The molecule has 3 nitrogen and oxygen atoms in total. The minimum atomic E-state index is -0.730. The molecule has 0 radical (unpaired) electrons. The third kappa shape index (κ3) is 5.42. The number of ether oxygens (including phenoxy) is 2. The third-order valence-electron chi connectivity index (χ3n) is 7.52. The Morgan fingerprint density at radius 1 is 0.853 bits per heavy atom. The highest BCUT2D eigenvalue weighted by Crippen LogP contribution is 2.41. The van der Waals surface area contributed by atoms with Crippen molar-refractivity contribution in [2.75, 3.05) is 6.61 Å². The van der Waals surface area contributed by atoms with E-state index in [4.69, 9.17) is 9.47 Å². The van der Waals surface area contributed by atoms with Gasteiger partial charge < -0.3 is 9.47 Å². The van der Waals surface area contributed by atoms with Gasteiger partial charge in [-0.2, -0.15) is 0 Å². The van der Waals surface area contributed by atoms with Gasteiger partial charge in [0.25, 0.3) is 0 Å². The lowest BCUT2D eigenvalue weighted by Gasteiger charge is -2.29. The second kappa shape index (κ2) is 10.8. The van der Waals surface area contributed by atoms with E-state index in [-0.39, 0.29) is 29.3 Å². The lowest BCUT2D eigenvalue weighted by Crippen LogP contribution is -2.25. The maximum atomic E-state index is 15.0. The van der Waals surface area contributed by atoms with Crippen molar-refractivity contribution in [2.45, 2.75) is 77.0 Å². The van der Waals surface area contributed by atoms with Gasteiger partial charge in [0.05, 0.1) is 12.5 Å². The fourth-order valence-electron chi connectivity index (χ4n) is 5.44. The number of rotatable bonds is 6. The van der Waals surface area contributed by atoms with Crippen molar-refractivity contribution in [1.82, 2.24) is 0 Å². The van der Waals surface area contributed by atoms with E-state index in [1.54, 1.807) is 19.1 Å². The van der Waals surface area contributed by atoms with Crippen LogP contribution in [0.2, 0.25) is 0 Å². The van der Waals surface area contributed by atoms with Crippen LogP contribution < -0.4 is 9.47 Å². The van der Waals surface area contributed by atoms with E-state index in [2.05, 4.69) is 6.92 Å². The standard InChI is InChI=1S/C28H33F3O3/c1-3-33-25-15-12-21(16-24(25)29)34-28(32)20-10-8-19(9-11-20)23-14-13-22(26(30)27(23)31)18-6-4-17(2)5-7-18/h12-20H,3-11H2,1-2H3. The van der Waals surface area contributed by atoms with Crippen LogP contribution >= 0.6 is 0 Å². The molecule has 2 aromatic carbocycles. The molecule has 0 aliphatic heterocycles. The first-order valence-corrected chi connectivity index (χ1v) is 12.5. The molecule has 0 saturated heterocycles. The first kappa shape index (κ1) is 24.6. The number of halogens is 3. The summed E-state index contributed by atoms with van der Waals surface area (Å²) in [6.07, 6.45) is 6.11. The largest absolute Gasteiger partial charge is 0.491 e.